The molecule has 1 heterocycles. The first-order valence-electron chi connectivity index (χ1n) is 12.0. The molecule has 39 heavy (non-hydrogen) atoms. The lowest BCUT2D eigenvalue weighted by atomic mass is 10.1. The number of nitrogens with two attached hydrogens (primary N) is 1. The SMILES string of the molecule is Cc1ccc(Cn2nc(C)[n+](N)c2C)cc1.O=S(=O)([O-])c1ccc(N=Nc2ccc(O)c3ccccc23)cc1. The first kappa shape index (κ1) is 27.4. The molecule has 1 aromatic heterocycles. The second kappa shape index (κ2) is 11.4. The van der Waals surface area contributed by atoms with Gasteiger partial charge in [-0.25, -0.2) is 8.42 Å². The number of fused-ring (bicyclic) bond motifs is 1. The van der Waals surface area contributed by atoms with Crippen molar-refractivity contribution >= 4 is 32.3 Å². The molecule has 0 aliphatic heterocycles. The van der Waals surface area contributed by atoms with E-state index in [1.54, 1.807) is 16.8 Å². The summed E-state index contributed by atoms with van der Waals surface area (Å²) in [6.45, 7) is 6.71. The van der Waals surface area contributed by atoms with Crippen LogP contribution < -0.4 is 10.5 Å². The summed E-state index contributed by atoms with van der Waals surface area (Å²) in [5, 5.41) is 23.8. The van der Waals surface area contributed by atoms with Crippen molar-refractivity contribution in [3.8, 4) is 5.75 Å². The van der Waals surface area contributed by atoms with Crippen molar-refractivity contribution in [3.63, 3.8) is 0 Å². The minimum Gasteiger partial charge on any atom is -0.744 e. The fourth-order valence-corrected chi connectivity index (χ4v) is 4.28. The predicted octanol–water partition coefficient (Wildman–Crippen LogP) is 4.72. The van der Waals surface area contributed by atoms with Gasteiger partial charge in [0.25, 0.3) is 11.6 Å². The normalized spacial score (nSPS) is 11.5. The fourth-order valence-electron chi connectivity index (χ4n) is 3.82. The molecule has 5 aromatic rings. The molecule has 0 radical (unpaired) electrons. The van der Waals surface area contributed by atoms with E-state index in [9.17, 15) is 18.1 Å². The Hall–Kier alpha value is -4.61. The van der Waals surface area contributed by atoms with Crippen LogP contribution >= 0.6 is 0 Å². The third-order valence-electron chi connectivity index (χ3n) is 6.07. The van der Waals surface area contributed by atoms with E-state index in [2.05, 4.69) is 46.5 Å². The van der Waals surface area contributed by atoms with Crippen LogP contribution in [-0.2, 0) is 16.7 Å². The number of hydrogen-bond donors (Lipinski definition) is 2. The second-order valence-electron chi connectivity index (χ2n) is 8.91. The second-order valence-corrected chi connectivity index (χ2v) is 10.3. The maximum atomic E-state index is 10.9. The molecule has 10 nitrogen and oxygen atoms in total. The lowest BCUT2D eigenvalue weighted by molar-refractivity contribution is -0.652. The van der Waals surface area contributed by atoms with Crippen LogP contribution in [0.2, 0.25) is 0 Å². The van der Waals surface area contributed by atoms with Gasteiger partial charge in [-0.2, -0.15) is 5.11 Å². The number of hydrogen-bond acceptors (Lipinski definition) is 8. The summed E-state index contributed by atoms with van der Waals surface area (Å²) >= 11 is 0. The third kappa shape index (κ3) is 6.64. The van der Waals surface area contributed by atoms with E-state index in [4.69, 9.17) is 5.84 Å². The van der Waals surface area contributed by atoms with E-state index in [0.717, 1.165) is 23.6 Å². The van der Waals surface area contributed by atoms with Crippen molar-refractivity contribution in [3.05, 3.63) is 108 Å². The number of nitrogen functional groups attached to an aromatic ring is 1. The molecule has 0 saturated heterocycles. The molecule has 0 fully saturated rings. The van der Waals surface area contributed by atoms with Crippen molar-refractivity contribution in [1.29, 1.82) is 0 Å². The summed E-state index contributed by atoms with van der Waals surface area (Å²) in [5.74, 6) is 7.75. The molecule has 200 valence electrons. The number of benzene rings is 4. The van der Waals surface area contributed by atoms with Crippen LogP contribution in [0.4, 0.5) is 11.4 Å². The topological polar surface area (TPSA) is 150 Å². The number of aromatic nitrogens is 3. The molecule has 0 saturated carbocycles. The molecule has 11 heteroatoms. The highest BCUT2D eigenvalue weighted by Crippen LogP contribution is 2.33. The van der Waals surface area contributed by atoms with Crippen LogP contribution in [0.1, 0.15) is 22.8 Å². The molecule has 0 amide bonds. The summed E-state index contributed by atoms with van der Waals surface area (Å²) < 4.78 is 36.1. The predicted molar refractivity (Wildman–Crippen MR) is 147 cm³/mol. The number of phenols is 1. The summed E-state index contributed by atoms with van der Waals surface area (Å²) in [6.07, 6.45) is 0. The van der Waals surface area contributed by atoms with E-state index >= 15 is 0 Å². The molecule has 5 rings (SSSR count). The zero-order valence-electron chi connectivity index (χ0n) is 21.7. The highest BCUT2D eigenvalue weighted by Gasteiger charge is 2.17. The molecule has 0 aliphatic carbocycles. The van der Waals surface area contributed by atoms with Crippen molar-refractivity contribution in [2.24, 2.45) is 10.2 Å². The van der Waals surface area contributed by atoms with Gasteiger partial charge in [-0.3, -0.25) is 5.84 Å². The Morgan fingerprint density at radius 1 is 0.897 bits per heavy atom. The first-order valence-corrected chi connectivity index (χ1v) is 13.4. The molecular formula is C28H28N6O4S. The van der Waals surface area contributed by atoms with Gasteiger partial charge in [-0.05, 0) is 48.9 Å². The standard InChI is InChI=1S/C16H12N2O4S.C12H17N4/c19-16-10-9-15(13-3-1-2-4-14(13)16)18-17-11-5-7-12(8-6-11)23(20,21)22;1-9-4-6-12(7-5-9)8-15-11(3)16(13)10(2)14-15/h1-10,19H,(H,20,21,22);4-7H,8,13H2,1-3H3/q;+1/p-1. The zero-order valence-corrected chi connectivity index (χ0v) is 22.5. The summed E-state index contributed by atoms with van der Waals surface area (Å²) in [5.41, 5.74) is 3.48. The van der Waals surface area contributed by atoms with Crippen molar-refractivity contribution in [1.82, 2.24) is 9.78 Å². The Kier molecular flexibility index (Phi) is 8.03. The highest BCUT2D eigenvalue weighted by atomic mass is 32.2. The lowest BCUT2D eigenvalue weighted by Crippen LogP contribution is -2.48. The molecule has 4 aromatic carbocycles. The Labute approximate surface area is 226 Å². The minimum atomic E-state index is -4.47. The molecule has 0 unspecified atom stereocenters. The van der Waals surface area contributed by atoms with E-state index in [-0.39, 0.29) is 10.6 Å². The van der Waals surface area contributed by atoms with Crippen LogP contribution in [0.5, 0.6) is 5.75 Å². The van der Waals surface area contributed by atoms with Crippen molar-refractivity contribution in [2.75, 3.05) is 5.84 Å². The smallest absolute Gasteiger partial charge is 0.295 e. The molecule has 0 atom stereocenters. The van der Waals surface area contributed by atoms with Gasteiger partial charge in [0.15, 0.2) is 0 Å². The Morgan fingerprint density at radius 3 is 2.13 bits per heavy atom. The van der Waals surface area contributed by atoms with Gasteiger partial charge in [0, 0.05) is 29.7 Å². The van der Waals surface area contributed by atoms with Gasteiger partial charge in [0.2, 0.25) is 0 Å². The molecule has 0 spiro atoms. The third-order valence-corrected chi connectivity index (χ3v) is 6.92. The lowest BCUT2D eigenvalue weighted by Gasteiger charge is -2.06. The van der Waals surface area contributed by atoms with Gasteiger partial charge in [-0.15, -0.1) is 14.5 Å². The van der Waals surface area contributed by atoms with Gasteiger partial charge in [-0.1, -0.05) is 54.1 Å². The highest BCUT2D eigenvalue weighted by molar-refractivity contribution is 7.85. The number of nitrogens with zero attached hydrogens (tertiary/aromatic N) is 5. The number of rotatable bonds is 5. The largest absolute Gasteiger partial charge is 0.744 e. The Balaban J connectivity index is 0.000000193. The molecular weight excluding hydrogens is 516 g/mol. The van der Waals surface area contributed by atoms with E-state index in [1.165, 1.54) is 41.5 Å². The minimum absolute atomic E-state index is 0.157. The van der Waals surface area contributed by atoms with Crippen LogP contribution in [0, 0.1) is 20.8 Å². The van der Waals surface area contributed by atoms with Crippen molar-refractivity contribution < 1.29 is 22.8 Å². The Morgan fingerprint density at radius 2 is 1.54 bits per heavy atom. The van der Waals surface area contributed by atoms with E-state index in [0.29, 0.717) is 16.8 Å². The van der Waals surface area contributed by atoms with Gasteiger partial charge < -0.3 is 9.66 Å². The molecule has 0 bridgehead atoms. The van der Waals surface area contributed by atoms with Gasteiger partial charge >= 0.3 is 0 Å². The molecule has 3 N–H and O–H groups in total. The van der Waals surface area contributed by atoms with Crippen LogP contribution in [0.25, 0.3) is 10.8 Å². The first-order chi connectivity index (χ1) is 18.5. The van der Waals surface area contributed by atoms with E-state index < -0.39 is 10.1 Å². The molecule has 0 aliphatic rings. The van der Waals surface area contributed by atoms with Crippen LogP contribution in [0.15, 0.2) is 100 Å². The number of aryl methyl sites for hydroxylation is 2. The Bertz CT molecular complexity index is 1750. The number of phenolic OH excluding ortho intramolecular Hbond substituents is 1. The summed E-state index contributed by atoms with van der Waals surface area (Å²) in [4.78, 5) is -0.313. The average molecular weight is 545 g/mol. The maximum Gasteiger partial charge on any atom is 0.295 e. The van der Waals surface area contributed by atoms with Crippen LogP contribution in [0.3, 0.4) is 0 Å². The van der Waals surface area contributed by atoms with Gasteiger partial charge in [0.05, 0.1) is 16.3 Å². The fraction of sp³-hybridized carbons (Fsp3) is 0.143. The summed E-state index contributed by atoms with van der Waals surface area (Å²) in [6, 6.07) is 24.0. The summed E-state index contributed by atoms with van der Waals surface area (Å²) in [7, 11) is -4.47. The number of azo groups is 1. The quantitative estimate of drug-likeness (QED) is 0.141. The number of aromatic hydroxyl groups is 1. The van der Waals surface area contributed by atoms with Crippen LogP contribution in [-0.4, -0.2) is 27.9 Å². The van der Waals surface area contributed by atoms with Crippen molar-refractivity contribution in [2.45, 2.75) is 32.2 Å². The zero-order chi connectivity index (χ0) is 28.2. The average Bonchev–Trinajstić information content (AvgIpc) is 3.16. The van der Waals surface area contributed by atoms with E-state index in [1.807, 2.05) is 36.7 Å². The monoisotopic (exact) mass is 544 g/mol. The maximum absolute atomic E-state index is 10.9. The van der Waals surface area contributed by atoms with Gasteiger partial charge in [0.1, 0.15) is 22.4 Å².